The fourth-order valence-electron chi connectivity index (χ4n) is 2.72. The summed E-state index contributed by atoms with van der Waals surface area (Å²) in [7, 11) is 0. The lowest BCUT2D eigenvalue weighted by molar-refractivity contribution is 0.0171. The number of hydrogen-bond donors (Lipinski definition) is 1. The Morgan fingerprint density at radius 2 is 1.50 bits per heavy atom. The Balaban J connectivity index is 2.44. The molecule has 1 heteroatoms. The molecule has 18 heavy (non-hydrogen) atoms. The van der Waals surface area contributed by atoms with Crippen LogP contribution in [0.3, 0.4) is 0 Å². The summed E-state index contributed by atoms with van der Waals surface area (Å²) in [5, 5.41) is 13.3. The van der Waals surface area contributed by atoms with Crippen LogP contribution in [0.4, 0.5) is 0 Å². The van der Waals surface area contributed by atoms with Gasteiger partial charge in [-0.25, -0.2) is 0 Å². The number of rotatable bonds is 5. The summed E-state index contributed by atoms with van der Waals surface area (Å²) in [4.78, 5) is 0. The summed E-state index contributed by atoms with van der Waals surface area (Å²) < 4.78 is 0. The maximum atomic E-state index is 10.8. The Morgan fingerprint density at radius 1 is 0.889 bits per heavy atom. The Bertz CT molecular complexity index is 510. The number of benzene rings is 2. The average Bonchev–Trinajstić information content (AvgIpc) is 2.39. The molecule has 0 amide bonds. The van der Waals surface area contributed by atoms with Crippen molar-refractivity contribution < 1.29 is 5.11 Å². The van der Waals surface area contributed by atoms with Gasteiger partial charge in [-0.15, -0.1) is 0 Å². The molecule has 0 saturated carbocycles. The summed E-state index contributed by atoms with van der Waals surface area (Å²) in [5.74, 6) is 0. The molecule has 0 aliphatic carbocycles. The van der Waals surface area contributed by atoms with Crippen molar-refractivity contribution in [2.45, 2.75) is 45.1 Å². The van der Waals surface area contributed by atoms with Crippen LogP contribution in [0.1, 0.15) is 45.1 Å². The molecular formula is C17H22O. The highest BCUT2D eigenvalue weighted by Crippen LogP contribution is 2.33. The first-order chi connectivity index (χ1) is 8.69. The van der Waals surface area contributed by atoms with Crippen LogP contribution in [0.2, 0.25) is 0 Å². The first-order valence-corrected chi connectivity index (χ1v) is 6.91. The minimum atomic E-state index is -0.659. The Labute approximate surface area is 109 Å². The van der Waals surface area contributed by atoms with E-state index in [1.54, 1.807) is 0 Å². The van der Waals surface area contributed by atoms with Gasteiger partial charge < -0.3 is 5.11 Å². The van der Waals surface area contributed by atoms with Gasteiger partial charge in [0.15, 0.2) is 0 Å². The largest absolute Gasteiger partial charge is 0.385 e. The van der Waals surface area contributed by atoms with E-state index in [1.807, 2.05) is 12.1 Å². The molecule has 96 valence electrons. The normalized spacial score (nSPS) is 11.9. The lowest BCUT2D eigenvalue weighted by Gasteiger charge is -2.28. The fraction of sp³-hybridized carbons (Fsp3) is 0.412. The second kappa shape index (κ2) is 5.53. The van der Waals surface area contributed by atoms with E-state index >= 15 is 0 Å². The van der Waals surface area contributed by atoms with E-state index in [0.29, 0.717) is 0 Å². The van der Waals surface area contributed by atoms with Crippen molar-refractivity contribution in [3.05, 3.63) is 48.0 Å². The second-order valence-corrected chi connectivity index (χ2v) is 5.09. The molecule has 0 aliphatic heterocycles. The molecule has 0 atom stereocenters. The van der Waals surface area contributed by atoms with E-state index < -0.39 is 5.60 Å². The van der Waals surface area contributed by atoms with Crippen molar-refractivity contribution >= 4 is 10.8 Å². The van der Waals surface area contributed by atoms with Gasteiger partial charge in [-0.1, -0.05) is 63.1 Å². The van der Waals surface area contributed by atoms with E-state index in [1.165, 1.54) is 10.8 Å². The molecule has 0 bridgehead atoms. The zero-order valence-electron chi connectivity index (χ0n) is 11.3. The molecule has 0 aliphatic rings. The van der Waals surface area contributed by atoms with Crippen molar-refractivity contribution in [1.29, 1.82) is 0 Å². The van der Waals surface area contributed by atoms with Crippen LogP contribution in [-0.4, -0.2) is 5.11 Å². The van der Waals surface area contributed by atoms with Gasteiger partial charge in [0.05, 0.1) is 5.60 Å². The highest BCUT2D eigenvalue weighted by Gasteiger charge is 2.27. The molecule has 0 aromatic heterocycles. The minimum absolute atomic E-state index is 0.659. The predicted molar refractivity (Wildman–Crippen MR) is 77.7 cm³/mol. The monoisotopic (exact) mass is 242 g/mol. The van der Waals surface area contributed by atoms with Crippen molar-refractivity contribution in [3.63, 3.8) is 0 Å². The van der Waals surface area contributed by atoms with Gasteiger partial charge in [0.1, 0.15) is 0 Å². The van der Waals surface area contributed by atoms with Crippen molar-refractivity contribution in [1.82, 2.24) is 0 Å². The molecule has 2 rings (SSSR count). The zero-order chi connectivity index (χ0) is 13.0. The van der Waals surface area contributed by atoms with Crippen molar-refractivity contribution in [2.24, 2.45) is 0 Å². The second-order valence-electron chi connectivity index (χ2n) is 5.09. The lowest BCUT2D eigenvalue weighted by atomic mass is 9.84. The molecule has 2 aromatic carbocycles. The Morgan fingerprint density at radius 3 is 2.11 bits per heavy atom. The first kappa shape index (κ1) is 13.1. The third kappa shape index (κ3) is 2.56. The highest BCUT2D eigenvalue weighted by molar-refractivity contribution is 5.83. The number of fused-ring (bicyclic) bond motifs is 1. The molecule has 2 aromatic rings. The quantitative estimate of drug-likeness (QED) is 0.810. The molecule has 0 heterocycles. The van der Waals surface area contributed by atoms with Gasteiger partial charge >= 0.3 is 0 Å². The van der Waals surface area contributed by atoms with Crippen LogP contribution in [0, 0.1) is 0 Å². The summed E-state index contributed by atoms with van der Waals surface area (Å²) in [5.41, 5.74) is 0.401. The van der Waals surface area contributed by atoms with Gasteiger partial charge in [0.2, 0.25) is 0 Å². The molecular weight excluding hydrogens is 220 g/mol. The average molecular weight is 242 g/mol. The first-order valence-electron chi connectivity index (χ1n) is 6.91. The van der Waals surface area contributed by atoms with Crippen LogP contribution in [0.5, 0.6) is 0 Å². The summed E-state index contributed by atoms with van der Waals surface area (Å²) in [6, 6.07) is 14.6. The summed E-state index contributed by atoms with van der Waals surface area (Å²) in [6.07, 6.45) is 3.67. The SMILES string of the molecule is CCCC(O)(CCC)c1ccc2ccccc2c1. The summed E-state index contributed by atoms with van der Waals surface area (Å²) >= 11 is 0. The Hall–Kier alpha value is -1.34. The maximum absolute atomic E-state index is 10.8. The zero-order valence-corrected chi connectivity index (χ0v) is 11.3. The van der Waals surface area contributed by atoms with E-state index in [4.69, 9.17) is 0 Å². The topological polar surface area (TPSA) is 20.2 Å². The third-order valence-electron chi connectivity index (χ3n) is 3.61. The van der Waals surface area contributed by atoms with E-state index in [9.17, 15) is 5.11 Å². The standard InChI is InChI=1S/C17H22O/c1-3-11-17(18,12-4-2)16-10-9-14-7-5-6-8-15(14)13-16/h5-10,13,18H,3-4,11-12H2,1-2H3. The molecule has 1 N–H and O–H groups in total. The predicted octanol–water partition coefficient (Wildman–Crippen LogP) is 4.63. The lowest BCUT2D eigenvalue weighted by Crippen LogP contribution is -2.25. The molecule has 0 saturated heterocycles. The van der Waals surface area contributed by atoms with E-state index in [-0.39, 0.29) is 0 Å². The van der Waals surface area contributed by atoms with E-state index in [2.05, 4.69) is 44.2 Å². The van der Waals surface area contributed by atoms with Crippen LogP contribution in [0.15, 0.2) is 42.5 Å². The van der Waals surface area contributed by atoms with Crippen LogP contribution in [0.25, 0.3) is 10.8 Å². The number of hydrogen-bond acceptors (Lipinski definition) is 1. The molecule has 0 spiro atoms. The number of aliphatic hydroxyl groups is 1. The maximum Gasteiger partial charge on any atom is 0.0896 e. The van der Waals surface area contributed by atoms with Crippen molar-refractivity contribution in [3.8, 4) is 0 Å². The third-order valence-corrected chi connectivity index (χ3v) is 3.61. The van der Waals surface area contributed by atoms with Crippen LogP contribution < -0.4 is 0 Å². The molecule has 0 radical (unpaired) electrons. The van der Waals surface area contributed by atoms with Crippen LogP contribution in [-0.2, 0) is 5.60 Å². The van der Waals surface area contributed by atoms with Crippen molar-refractivity contribution in [2.75, 3.05) is 0 Å². The van der Waals surface area contributed by atoms with E-state index in [0.717, 1.165) is 31.2 Å². The highest BCUT2D eigenvalue weighted by atomic mass is 16.3. The molecule has 0 fully saturated rings. The van der Waals surface area contributed by atoms with Gasteiger partial charge in [0, 0.05) is 0 Å². The smallest absolute Gasteiger partial charge is 0.0896 e. The fourth-order valence-corrected chi connectivity index (χ4v) is 2.72. The van der Waals surface area contributed by atoms with Gasteiger partial charge in [-0.3, -0.25) is 0 Å². The van der Waals surface area contributed by atoms with Crippen LogP contribution >= 0.6 is 0 Å². The van der Waals surface area contributed by atoms with Gasteiger partial charge in [-0.05, 0) is 35.2 Å². The molecule has 1 nitrogen and oxygen atoms in total. The Kier molecular flexibility index (Phi) is 4.03. The van der Waals surface area contributed by atoms with Gasteiger partial charge in [0.25, 0.3) is 0 Å². The summed E-state index contributed by atoms with van der Waals surface area (Å²) in [6.45, 7) is 4.25. The minimum Gasteiger partial charge on any atom is -0.385 e. The molecule has 0 unspecified atom stereocenters. The van der Waals surface area contributed by atoms with Gasteiger partial charge in [-0.2, -0.15) is 0 Å².